The van der Waals surface area contributed by atoms with Crippen molar-refractivity contribution >= 4 is 5.97 Å². The van der Waals surface area contributed by atoms with Crippen molar-refractivity contribution in [1.29, 1.82) is 0 Å². The quantitative estimate of drug-likeness (QED) is 0.756. The summed E-state index contributed by atoms with van der Waals surface area (Å²) in [5.41, 5.74) is 1.36. The zero-order chi connectivity index (χ0) is 12.4. The number of aromatic nitrogens is 2. The van der Waals surface area contributed by atoms with Crippen molar-refractivity contribution in [2.24, 2.45) is 0 Å². The number of hydrogen-bond acceptors (Lipinski definition) is 3. The zero-order valence-electron chi connectivity index (χ0n) is 9.82. The van der Waals surface area contributed by atoms with Gasteiger partial charge in [-0.1, -0.05) is 6.42 Å². The molecule has 1 heterocycles. The molecule has 0 bridgehead atoms. The van der Waals surface area contributed by atoms with Crippen LogP contribution >= 0.6 is 0 Å². The number of carboxylic acids is 1. The second-order valence-electron chi connectivity index (χ2n) is 4.50. The molecule has 0 spiro atoms. The zero-order valence-corrected chi connectivity index (χ0v) is 9.82. The maximum atomic E-state index is 11.9. The SMILES string of the molecule is CC(C(=O)O)c1nc2c(c(=O)[nH]1)CCCCC2. The fraction of sp³-hybridized carbons (Fsp3) is 0.583. The molecule has 1 aromatic heterocycles. The van der Waals surface area contributed by atoms with Crippen LogP contribution in [0.3, 0.4) is 0 Å². The van der Waals surface area contributed by atoms with Crippen molar-refractivity contribution in [2.75, 3.05) is 0 Å². The second kappa shape index (κ2) is 4.69. The lowest BCUT2D eigenvalue weighted by atomic mass is 10.1. The van der Waals surface area contributed by atoms with Crippen LogP contribution in [0.15, 0.2) is 4.79 Å². The van der Waals surface area contributed by atoms with Crippen LogP contribution in [0, 0.1) is 0 Å². The second-order valence-corrected chi connectivity index (χ2v) is 4.50. The van der Waals surface area contributed by atoms with Gasteiger partial charge in [-0.2, -0.15) is 0 Å². The van der Waals surface area contributed by atoms with Crippen molar-refractivity contribution in [3.8, 4) is 0 Å². The lowest BCUT2D eigenvalue weighted by Gasteiger charge is -2.09. The van der Waals surface area contributed by atoms with Gasteiger partial charge in [0.2, 0.25) is 0 Å². The van der Waals surface area contributed by atoms with Gasteiger partial charge in [-0.25, -0.2) is 4.98 Å². The van der Waals surface area contributed by atoms with Gasteiger partial charge in [-0.05, 0) is 32.6 Å². The predicted molar refractivity (Wildman–Crippen MR) is 62.2 cm³/mol. The number of rotatable bonds is 2. The van der Waals surface area contributed by atoms with E-state index in [1.165, 1.54) is 6.92 Å². The van der Waals surface area contributed by atoms with Gasteiger partial charge < -0.3 is 10.1 Å². The molecule has 92 valence electrons. The lowest BCUT2D eigenvalue weighted by molar-refractivity contribution is -0.138. The molecule has 17 heavy (non-hydrogen) atoms. The smallest absolute Gasteiger partial charge is 0.313 e. The Morgan fingerprint density at radius 1 is 1.35 bits per heavy atom. The number of aliphatic carboxylic acids is 1. The van der Waals surface area contributed by atoms with E-state index in [-0.39, 0.29) is 11.4 Å². The summed E-state index contributed by atoms with van der Waals surface area (Å²) in [6.45, 7) is 1.53. The van der Waals surface area contributed by atoms with Crippen LogP contribution < -0.4 is 5.56 Å². The first-order valence-electron chi connectivity index (χ1n) is 5.94. The molecule has 1 aliphatic carbocycles. The fourth-order valence-corrected chi connectivity index (χ4v) is 2.12. The number of nitrogens with zero attached hydrogens (tertiary/aromatic N) is 1. The topological polar surface area (TPSA) is 83.0 Å². The molecule has 2 N–H and O–H groups in total. The van der Waals surface area contributed by atoms with Gasteiger partial charge in [0, 0.05) is 5.56 Å². The standard InChI is InChI=1S/C12H16N2O3/c1-7(12(16)17)10-13-9-6-4-2-3-5-8(9)11(15)14-10/h7H,2-6H2,1H3,(H,16,17)(H,13,14,15). The molecule has 1 aliphatic rings. The Kier molecular flexibility index (Phi) is 3.26. The molecule has 0 fully saturated rings. The largest absolute Gasteiger partial charge is 0.481 e. The monoisotopic (exact) mass is 236 g/mol. The van der Waals surface area contributed by atoms with E-state index in [1.54, 1.807) is 0 Å². The normalized spacial score (nSPS) is 17.0. The molecule has 5 heteroatoms. The van der Waals surface area contributed by atoms with Crippen LogP contribution in [-0.4, -0.2) is 21.0 Å². The van der Waals surface area contributed by atoms with Crippen LogP contribution in [0.25, 0.3) is 0 Å². The molecule has 0 aromatic carbocycles. The van der Waals surface area contributed by atoms with E-state index in [1.807, 2.05) is 0 Å². The minimum atomic E-state index is -0.971. The molecular formula is C12H16N2O3. The highest BCUT2D eigenvalue weighted by atomic mass is 16.4. The number of hydrogen-bond donors (Lipinski definition) is 2. The summed E-state index contributed by atoms with van der Waals surface area (Å²) in [5.74, 6) is -1.47. The number of carboxylic acid groups (broad SMARTS) is 1. The van der Waals surface area contributed by atoms with E-state index < -0.39 is 11.9 Å². The first-order valence-corrected chi connectivity index (χ1v) is 5.94. The third kappa shape index (κ3) is 2.38. The first-order chi connectivity index (χ1) is 8.09. The van der Waals surface area contributed by atoms with Gasteiger partial charge >= 0.3 is 5.97 Å². The highest BCUT2D eigenvalue weighted by molar-refractivity contribution is 5.74. The van der Waals surface area contributed by atoms with Gasteiger partial charge in [0.05, 0.1) is 5.69 Å². The predicted octanol–water partition coefficient (Wildman–Crippen LogP) is 1.23. The van der Waals surface area contributed by atoms with Crippen LogP contribution in [0.1, 0.15) is 49.2 Å². The van der Waals surface area contributed by atoms with E-state index in [2.05, 4.69) is 9.97 Å². The van der Waals surface area contributed by atoms with Crippen molar-refractivity contribution in [2.45, 2.75) is 44.9 Å². The van der Waals surface area contributed by atoms with E-state index in [9.17, 15) is 9.59 Å². The number of aromatic amines is 1. The highest BCUT2D eigenvalue weighted by Crippen LogP contribution is 2.18. The molecule has 0 amide bonds. The highest BCUT2D eigenvalue weighted by Gasteiger charge is 2.20. The van der Waals surface area contributed by atoms with Crippen molar-refractivity contribution in [3.63, 3.8) is 0 Å². The fourth-order valence-electron chi connectivity index (χ4n) is 2.12. The number of carbonyl (C=O) groups is 1. The van der Waals surface area contributed by atoms with Gasteiger partial charge in [0.15, 0.2) is 0 Å². The maximum Gasteiger partial charge on any atom is 0.313 e. The molecule has 0 saturated heterocycles. The lowest BCUT2D eigenvalue weighted by Crippen LogP contribution is -2.23. The average molecular weight is 236 g/mol. The molecule has 1 unspecified atom stereocenters. The van der Waals surface area contributed by atoms with Gasteiger partial charge in [0.25, 0.3) is 5.56 Å². The molecule has 2 rings (SSSR count). The summed E-state index contributed by atoms with van der Waals surface area (Å²) in [4.78, 5) is 29.7. The molecule has 1 atom stereocenters. The average Bonchev–Trinajstić information content (AvgIpc) is 2.53. The number of H-pyrrole nitrogens is 1. The summed E-state index contributed by atoms with van der Waals surface area (Å²) in [6.07, 6.45) is 4.65. The summed E-state index contributed by atoms with van der Waals surface area (Å²) < 4.78 is 0. The van der Waals surface area contributed by atoms with Crippen LogP contribution in [0.5, 0.6) is 0 Å². The van der Waals surface area contributed by atoms with Crippen molar-refractivity contribution < 1.29 is 9.90 Å². The van der Waals surface area contributed by atoms with Crippen LogP contribution in [0.2, 0.25) is 0 Å². The van der Waals surface area contributed by atoms with E-state index in [0.717, 1.165) is 43.4 Å². The number of nitrogens with one attached hydrogen (secondary N) is 1. The van der Waals surface area contributed by atoms with E-state index in [0.29, 0.717) is 0 Å². The summed E-state index contributed by atoms with van der Waals surface area (Å²) >= 11 is 0. The molecule has 5 nitrogen and oxygen atoms in total. The molecule has 0 saturated carbocycles. The minimum Gasteiger partial charge on any atom is -0.481 e. The number of fused-ring (bicyclic) bond motifs is 1. The number of aryl methyl sites for hydroxylation is 1. The third-order valence-corrected chi connectivity index (χ3v) is 3.24. The minimum absolute atomic E-state index is 0.167. The van der Waals surface area contributed by atoms with Gasteiger partial charge in [-0.15, -0.1) is 0 Å². The first kappa shape index (κ1) is 11.8. The Balaban J connectivity index is 2.46. The molecule has 1 aromatic rings. The molecule has 0 radical (unpaired) electrons. The Bertz CT molecular complexity index is 493. The molecule has 0 aliphatic heterocycles. The van der Waals surface area contributed by atoms with E-state index in [4.69, 9.17) is 5.11 Å². The third-order valence-electron chi connectivity index (χ3n) is 3.24. The summed E-state index contributed by atoms with van der Waals surface area (Å²) in [6, 6.07) is 0. The van der Waals surface area contributed by atoms with Crippen LogP contribution in [0.4, 0.5) is 0 Å². The maximum absolute atomic E-state index is 11.9. The Labute approximate surface area is 98.9 Å². The van der Waals surface area contributed by atoms with Crippen LogP contribution in [-0.2, 0) is 17.6 Å². The van der Waals surface area contributed by atoms with Crippen molar-refractivity contribution in [1.82, 2.24) is 9.97 Å². The Morgan fingerprint density at radius 2 is 2.06 bits per heavy atom. The van der Waals surface area contributed by atoms with Crippen molar-refractivity contribution in [3.05, 3.63) is 27.4 Å². The molecular weight excluding hydrogens is 220 g/mol. The van der Waals surface area contributed by atoms with Gasteiger partial charge in [-0.3, -0.25) is 9.59 Å². The van der Waals surface area contributed by atoms with E-state index >= 15 is 0 Å². The van der Waals surface area contributed by atoms with Gasteiger partial charge in [0.1, 0.15) is 11.7 Å². The Hall–Kier alpha value is -1.65. The summed E-state index contributed by atoms with van der Waals surface area (Å²) in [7, 11) is 0. The Morgan fingerprint density at radius 3 is 2.76 bits per heavy atom. The summed E-state index contributed by atoms with van der Waals surface area (Å²) in [5, 5.41) is 8.92.